The molecule has 1 heterocycles. The van der Waals surface area contributed by atoms with Crippen molar-refractivity contribution in [3.05, 3.63) is 17.9 Å². The monoisotopic (exact) mass is 194 g/mol. The Morgan fingerprint density at radius 3 is 2.69 bits per heavy atom. The molecule has 0 saturated heterocycles. The van der Waals surface area contributed by atoms with Gasteiger partial charge in [-0.3, -0.25) is 0 Å². The molecule has 0 atom stereocenters. The van der Waals surface area contributed by atoms with Crippen LogP contribution in [0, 0.1) is 6.92 Å². The summed E-state index contributed by atoms with van der Waals surface area (Å²) in [5.41, 5.74) is 0.763. The van der Waals surface area contributed by atoms with Gasteiger partial charge in [0, 0.05) is 6.07 Å². The number of hydrogen-bond acceptors (Lipinski definition) is 2. The van der Waals surface area contributed by atoms with Gasteiger partial charge in [0.15, 0.2) is 13.3 Å². The molecule has 74 valence electrons. The van der Waals surface area contributed by atoms with Crippen LogP contribution in [0.2, 0.25) is 0 Å². The van der Waals surface area contributed by atoms with Gasteiger partial charge in [0.1, 0.15) is 0 Å². The van der Waals surface area contributed by atoms with Gasteiger partial charge >= 0.3 is 5.92 Å². The fourth-order valence-electron chi connectivity index (χ4n) is 0.696. The largest absolute Gasteiger partial charge is 0.459 e. The van der Waals surface area contributed by atoms with Crippen molar-refractivity contribution in [3.63, 3.8) is 0 Å². The first-order chi connectivity index (χ1) is 6.03. The second-order valence-electron chi connectivity index (χ2n) is 2.72. The van der Waals surface area contributed by atoms with Gasteiger partial charge in [-0.1, -0.05) is 0 Å². The highest BCUT2D eigenvalue weighted by molar-refractivity contribution is 5.14. The Labute approximate surface area is 73.3 Å². The minimum Gasteiger partial charge on any atom is -0.459 e. The first kappa shape index (κ1) is 9.95. The molecule has 0 aliphatic carbocycles. The molecular weight excluding hydrogens is 185 g/mol. The Morgan fingerprint density at radius 2 is 2.23 bits per heavy atom. The average Bonchev–Trinajstić information content (AvgIpc) is 2.48. The number of alkyl halides is 3. The molecule has 1 rings (SSSR count). The fraction of sp³-hybridized carbons (Fsp3) is 0.500. The highest BCUT2D eigenvalue weighted by Gasteiger charge is 2.30. The van der Waals surface area contributed by atoms with Crippen molar-refractivity contribution in [1.29, 1.82) is 0 Å². The lowest BCUT2D eigenvalue weighted by Crippen LogP contribution is -2.27. The summed E-state index contributed by atoms with van der Waals surface area (Å²) >= 11 is 0. The molecule has 0 aliphatic heterocycles. The summed E-state index contributed by atoms with van der Waals surface area (Å²) in [6, 6.07) is 1.45. The van der Waals surface area contributed by atoms with Crippen molar-refractivity contribution in [2.45, 2.75) is 12.8 Å². The molecule has 2 nitrogen and oxygen atoms in total. The summed E-state index contributed by atoms with van der Waals surface area (Å²) in [5, 5.41) is 0. The smallest absolute Gasteiger partial charge is 0.309 e. The second kappa shape index (κ2) is 3.72. The molecule has 0 unspecified atom stereocenters. The molecule has 0 aliphatic rings. The number of aryl methyl sites for hydroxylation is 1. The quantitative estimate of drug-likeness (QED) is 0.734. The lowest BCUT2D eigenvalue weighted by Gasteiger charge is -2.10. The minimum absolute atomic E-state index is 0.0226. The average molecular weight is 194 g/mol. The van der Waals surface area contributed by atoms with Crippen LogP contribution in [-0.4, -0.2) is 19.2 Å². The van der Waals surface area contributed by atoms with Crippen molar-refractivity contribution in [3.8, 4) is 5.95 Å². The van der Waals surface area contributed by atoms with Gasteiger partial charge < -0.3 is 9.15 Å². The second-order valence-corrected chi connectivity index (χ2v) is 2.72. The summed E-state index contributed by atoms with van der Waals surface area (Å²) in [5.74, 6) is -3.47. The molecule has 0 N–H and O–H groups in total. The molecule has 0 fully saturated rings. The topological polar surface area (TPSA) is 22.4 Å². The molecule has 1 aromatic heterocycles. The third-order valence-corrected chi connectivity index (χ3v) is 1.33. The maximum atomic E-state index is 12.3. The Morgan fingerprint density at radius 1 is 1.54 bits per heavy atom. The maximum Gasteiger partial charge on any atom is 0.309 e. The van der Waals surface area contributed by atoms with Crippen LogP contribution in [0.5, 0.6) is 5.95 Å². The number of rotatable bonds is 4. The first-order valence-corrected chi connectivity index (χ1v) is 3.65. The number of ether oxygens (including phenoxy) is 1. The van der Waals surface area contributed by atoms with E-state index < -0.39 is 19.2 Å². The van der Waals surface area contributed by atoms with Crippen molar-refractivity contribution in [2.75, 3.05) is 13.3 Å². The predicted octanol–water partition coefficient (Wildman–Crippen LogP) is 2.57. The number of furan rings is 1. The zero-order valence-corrected chi connectivity index (χ0v) is 7.02. The molecule has 0 radical (unpaired) electrons. The van der Waals surface area contributed by atoms with E-state index in [9.17, 15) is 13.2 Å². The third-order valence-electron chi connectivity index (χ3n) is 1.33. The normalized spacial score (nSPS) is 11.7. The van der Waals surface area contributed by atoms with Crippen LogP contribution >= 0.6 is 0 Å². The predicted molar refractivity (Wildman–Crippen MR) is 39.9 cm³/mol. The van der Waals surface area contributed by atoms with E-state index in [1.54, 1.807) is 6.92 Å². The maximum absolute atomic E-state index is 12.3. The highest BCUT2D eigenvalue weighted by Crippen LogP contribution is 2.19. The molecule has 13 heavy (non-hydrogen) atoms. The first-order valence-electron chi connectivity index (χ1n) is 3.65. The Kier molecular flexibility index (Phi) is 2.85. The van der Waals surface area contributed by atoms with E-state index in [0.717, 1.165) is 5.56 Å². The van der Waals surface area contributed by atoms with Crippen LogP contribution in [0.3, 0.4) is 0 Å². The highest BCUT2D eigenvalue weighted by atomic mass is 19.3. The molecule has 5 heteroatoms. The van der Waals surface area contributed by atoms with Crippen LogP contribution < -0.4 is 4.74 Å². The molecule has 0 saturated carbocycles. The van der Waals surface area contributed by atoms with Gasteiger partial charge in [0.25, 0.3) is 5.95 Å². The summed E-state index contributed by atoms with van der Waals surface area (Å²) in [7, 11) is 0. The number of hydrogen-bond donors (Lipinski definition) is 0. The van der Waals surface area contributed by atoms with E-state index in [0.29, 0.717) is 0 Å². The molecule has 0 aromatic carbocycles. The summed E-state index contributed by atoms with van der Waals surface area (Å²) < 4.78 is 45.5. The fourth-order valence-corrected chi connectivity index (χ4v) is 0.696. The van der Waals surface area contributed by atoms with E-state index >= 15 is 0 Å². The van der Waals surface area contributed by atoms with E-state index in [1.807, 2.05) is 0 Å². The van der Waals surface area contributed by atoms with E-state index in [1.165, 1.54) is 12.3 Å². The van der Waals surface area contributed by atoms with Crippen molar-refractivity contribution in [1.82, 2.24) is 0 Å². The Bertz CT molecular complexity index is 270. The van der Waals surface area contributed by atoms with Gasteiger partial charge in [-0.25, -0.2) is 4.39 Å². The molecule has 0 amide bonds. The van der Waals surface area contributed by atoms with E-state index in [-0.39, 0.29) is 5.95 Å². The summed E-state index contributed by atoms with van der Waals surface area (Å²) in [6.07, 6.45) is 1.36. The number of halogens is 3. The van der Waals surface area contributed by atoms with Crippen molar-refractivity contribution >= 4 is 0 Å². The Hall–Kier alpha value is -1.13. The zero-order valence-electron chi connectivity index (χ0n) is 7.02. The van der Waals surface area contributed by atoms with E-state index in [2.05, 4.69) is 4.74 Å². The summed E-state index contributed by atoms with van der Waals surface area (Å²) in [4.78, 5) is 0. The van der Waals surface area contributed by atoms with Crippen molar-refractivity contribution in [2.24, 2.45) is 0 Å². The lowest BCUT2D eigenvalue weighted by molar-refractivity contribution is -0.0632. The van der Waals surface area contributed by atoms with Crippen LogP contribution in [0.15, 0.2) is 16.7 Å². The minimum atomic E-state index is -3.44. The van der Waals surface area contributed by atoms with Crippen LogP contribution in [-0.2, 0) is 0 Å². The van der Waals surface area contributed by atoms with E-state index in [4.69, 9.17) is 4.42 Å². The zero-order chi connectivity index (χ0) is 9.90. The third kappa shape index (κ3) is 3.01. The molecular formula is C8H9F3O2. The molecule has 1 aromatic rings. The van der Waals surface area contributed by atoms with Gasteiger partial charge in [0.2, 0.25) is 0 Å². The molecule has 0 spiro atoms. The van der Waals surface area contributed by atoms with Crippen LogP contribution in [0.25, 0.3) is 0 Å². The lowest BCUT2D eigenvalue weighted by atomic mass is 10.4. The van der Waals surface area contributed by atoms with Gasteiger partial charge in [0.05, 0.1) is 6.26 Å². The standard InChI is InChI=1S/C8H9F3O2/c1-6-2-7(12-3-6)13-5-8(10,11)4-9/h2-3H,4-5H2,1H3. The van der Waals surface area contributed by atoms with Crippen LogP contribution in [0.4, 0.5) is 13.2 Å². The SMILES string of the molecule is Cc1coc(OCC(F)(F)CF)c1. The summed E-state index contributed by atoms with van der Waals surface area (Å²) in [6.45, 7) is -1.01. The molecule has 0 bridgehead atoms. The van der Waals surface area contributed by atoms with Gasteiger partial charge in [-0.05, 0) is 12.5 Å². The van der Waals surface area contributed by atoms with Crippen LogP contribution in [0.1, 0.15) is 5.56 Å². The van der Waals surface area contributed by atoms with Gasteiger partial charge in [-0.15, -0.1) is 0 Å². The van der Waals surface area contributed by atoms with Crippen molar-refractivity contribution < 1.29 is 22.3 Å². The van der Waals surface area contributed by atoms with Gasteiger partial charge in [-0.2, -0.15) is 8.78 Å². The Balaban J connectivity index is 2.43.